The summed E-state index contributed by atoms with van der Waals surface area (Å²) in [6.45, 7) is 5.01. The highest BCUT2D eigenvalue weighted by Crippen LogP contribution is 2.25. The van der Waals surface area contributed by atoms with Gasteiger partial charge in [-0.2, -0.15) is 0 Å². The maximum absolute atomic E-state index is 12.8. The van der Waals surface area contributed by atoms with Crippen molar-refractivity contribution in [3.8, 4) is 0 Å². The quantitative estimate of drug-likeness (QED) is 0.665. The van der Waals surface area contributed by atoms with Gasteiger partial charge in [-0.15, -0.1) is 11.3 Å². The fourth-order valence-electron chi connectivity index (χ4n) is 3.40. The third-order valence-corrected chi connectivity index (χ3v) is 6.02. The zero-order valence-electron chi connectivity index (χ0n) is 14.6. The maximum atomic E-state index is 12.8. The van der Waals surface area contributed by atoms with Gasteiger partial charge in [0, 0.05) is 42.5 Å². The van der Waals surface area contributed by atoms with Crippen LogP contribution in [0.3, 0.4) is 0 Å². The molecule has 1 fully saturated rings. The number of rotatable bonds is 3. The molecule has 3 aromatic rings. The Kier molecular flexibility index (Phi) is 4.61. The number of piperazine rings is 1. The molecule has 0 spiro atoms. The lowest BCUT2D eigenvalue weighted by Crippen LogP contribution is -2.49. The Balaban J connectivity index is 1.48. The van der Waals surface area contributed by atoms with Crippen LogP contribution in [0.4, 0.5) is 0 Å². The first-order valence-electron chi connectivity index (χ1n) is 8.73. The summed E-state index contributed by atoms with van der Waals surface area (Å²) in [5.41, 5.74) is 0.0511. The lowest BCUT2D eigenvalue weighted by atomic mass is 10.1. The number of hydrogen-bond donors (Lipinski definition) is 0. The van der Waals surface area contributed by atoms with Gasteiger partial charge in [0.25, 0.3) is 5.91 Å². The second-order valence-electron chi connectivity index (χ2n) is 6.50. The summed E-state index contributed by atoms with van der Waals surface area (Å²) >= 11 is 1.76. The molecule has 1 amide bonds. The van der Waals surface area contributed by atoms with Crippen molar-refractivity contribution < 1.29 is 9.21 Å². The Labute approximate surface area is 155 Å². The van der Waals surface area contributed by atoms with Crippen molar-refractivity contribution in [2.75, 3.05) is 26.2 Å². The Morgan fingerprint density at radius 3 is 2.62 bits per heavy atom. The summed E-state index contributed by atoms with van der Waals surface area (Å²) in [4.78, 5) is 30.5. The fourth-order valence-corrected chi connectivity index (χ4v) is 4.22. The Hall–Kier alpha value is -2.44. The van der Waals surface area contributed by atoms with Crippen LogP contribution in [0.5, 0.6) is 0 Å². The van der Waals surface area contributed by atoms with Gasteiger partial charge in [0.05, 0.1) is 0 Å². The zero-order chi connectivity index (χ0) is 18.1. The molecule has 0 radical (unpaired) electrons. The van der Waals surface area contributed by atoms with E-state index in [-0.39, 0.29) is 11.5 Å². The van der Waals surface area contributed by atoms with Crippen LogP contribution >= 0.6 is 11.3 Å². The Bertz CT molecular complexity index is 972. The molecule has 26 heavy (non-hydrogen) atoms. The second-order valence-corrected chi connectivity index (χ2v) is 7.48. The lowest BCUT2D eigenvalue weighted by molar-refractivity contribution is 0.0581. The molecule has 3 heterocycles. The Morgan fingerprint density at radius 1 is 1.12 bits per heavy atom. The number of amides is 1. The lowest BCUT2D eigenvalue weighted by Gasteiger charge is -2.37. The topological polar surface area (TPSA) is 53.8 Å². The van der Waals surface area contributed by atoms with Crippen LogP contribution in [0.15, 0.2) is 57.1 Å². The number of nitrogens with zero attached hydrogens (tertiary/aromatic N) is 2. The normalized spacial score (nSPS) is 16.7. The van der Waals surface area contributed by atoms with Crippen LogP contribution < -0.4 is 5.63 Å². The molecule has 2 aromatic heterocycles. The second kappa shape index (κ2) is 7.05. The van der Waals surface area contributed by atoms with Gasteiger partial charge in [0.1, 0.15) is 11.1 Å². The van der Waals surface area contributed by atoms with Gasteiger partial charge >= 0.3 is 5.63 Å². The molecule has 1 aromatic carbocycles. The molecule has 0 N–H and O–H groups in total. The van der Waals surface area contributed by atoms with Crippen molar-refractivity contribution in [1.82, 2.24) is 9.80 Å². The number of para-hydroxylation sites is 1. The monoisotopic (exact) mass is 368 g/mol. The van der Waals surface area contributed by atoms with E-state index in [1.165, 1.54) is 4.88 Å². The molecule has 5 nitrogen and oxygen atoms in total. The van der Waals surface area contributed by atoms with Crippen molar-refractivity contribution in [2.24, 2.45) is 0 Å². The summed E-state index contributed by atoms with van der Waals surface area (Å²) < 4.78 is 5.30. The van der Waals surface area contributed by atoms with Crippen molar-refractivity contribution in [3.05, 3.63) is 68.7 Å². The van der Waals surface area contributed by atoms with Gasteiger partial charge in [-0.25, -0.2) is 4.79 Å². The van der Waals surface area contributed by atoms with Gasteiger partial charge in [0.2, 0.25) is 0 Å². The van der Waals surface area contributed by atoms with E-state index in [1.807, 2.05) is 12.1 Å². The zero-order valence-corrected chi connectivity index (χ0v) is 15.4. The molecule has 0 saturated carbocycles. The number of carbonyl (C=O) groups excluding carboxylic acids is 1. The molecular formula is C20H20N2O3S. The van der Waals surface area contributed by atoms with E-state index in [4.69, 9.17) is 4.42 Å². The molecule has 1 aliphatic rings. The average Bonchev–Trinajstić information content (AvgIpc) is 3.21. The van der Waals surface area contributed by atoms with E-state index in [1.54, 1.807) is 34.4 Å². The van der Waals surface area contributed by atoms with Crippen LogP contribution in [0.1, 0.15) is 28.2 Å². The number of thiophene rings is 1. The number of benzene rings is 1. The van der Waals surface area contributed by atoms with Crippen molar-refractivity contribution in [2.45, 2.75) is 13.0 Å². The van der Waals surface area contributed by atoms with Crippen LogP contribution in [-0.4, -0.2) is 41.9 Å². The summed E-state index contributed by atoms with van der Waals surface area (Å²) in [5.74, 6) is -0.243. The largest absolute Gasteiger partial charge is 0.422 e. The van der Waals surface area contributed by atoms with Crippen molar-refractivity contribution in [1.29, 1.82) is 0 Å². The predicted octanol–water partition coefficient (Wildman–Crippen LogP) is 3.37. The van der Waals surface area contributed by atoms with E-state index >= 15 is 0 Å². The molecule has 1 unspecified atom stereocenters. The highest BCUT2D eigenvalue weighted by molar-refractivity contribution is 7.10. The summed E-state index contributed by atoms with van der Waals surface area (Å²) in [7, 11) is 0. The SMILES string of the molecule is CC(c1cccs1)N1CCN(C(=O)c2cc3ccccc3oc2=O)CC1. The first kappa shape index (κ1) is 17.0. The molecule has 4 rings (SSSR count). The van der Waals surface area contributed by atoms with Crippen molar-refractivity contribution in [3.63, 3.8) is 0 Å². The van der Waals surface area contributed by atoms with E-state index in [0.717, 1.165) is 18.5 Å². The minimum Gasteiger partial charge on any atom is -0.422 e. The summed E-state index contributed by atoms with van der Waals surface area (Å²) in [5, 5.41) is 2.85. The number of carbonyl (C=O) groups is 1. The average molecular weight is 368 g/mol. The van der Waals surface area contributed by atoms with E-state index in [0.29, 0.717) is 24.7 Å². The van der Waals surface area contributed by atoms with Crippen molar-refractivity contribution >= 4 is 28.2 Å². The van der Waals surface area contributed by atoms with Gasteiger partial charge in [-0.3, -0.25) is 9.69 Å². The summed E-state index contributed by atoms with van der Waals surface area (Å²) in [6.07, 6.45) is 0. The van der Waals surface area contributed by atoms with Crippen LogP contribution in [0.2, 0.25) is 0 Å². The Morgan fingerprint density at radius 2 is 1.88 bits per heavy atom. The van der Waals surface area contributed by atoms with E-state index in [2.05, 4.69) is 29.3 Å². The van der Waals surface area contributed by atoms with Crippen LogP contribution in [0, 0.1) is 0 Å². The van der Waals surface area contributed by atoms with Gasteiger partial charge < -0.3 is 9.32 Å². The smallest absolute Gasteiger partial charge is 0.349 e. The number of fused-ring (bicyclic) bond motifs is 1. The minimum atomic E-state index is -0.567. The first-order chi connectivity index (χ1) is 12.6. The standard InChI is InChI=1S/C20H20N2O3S/c1-14(18-7-4-12-26-18)21-8-10-22(11-9-21)19(23)16-13-15-5-2-3-6-17(15)25-20(16)24/h2-7,12-14H,8-11H2,1H3. The van der Waals surface area contributed by atoms with Crippen LogP contribution in [-0.2, 0) is 0 Å². The summed E-state index contributed by atoms with van der Waals surface area (Å²) in [6, 6.07) is 13.4. The van der Waals surface area contributed by atoms with Gasteiger partial charge in [-0.05, 0) is 30.5 Å². The van der Waals surface area contributed by atoms with E-state index < -0.39 is 5.63 Å². The first-order valence-corrected chi connectivity index (χ1v) is 9.61. The predicted molar refractivity (Wildman–Crippen MR) is 103 cm³/mol. The van der Waals surface area contributed by atoms with Gasteiger partial charge in [0.15, 0.2) is 0 Å². The maximum Gasteiger partial charge on any atom is 0.349 e. The molecule has 0 aliphatic carbocycles. The molecule has 1 atom stereocenters. The fraction of sp³-hybridized carbons (Fsp3) is 0.300. The van der Waals surface area contributed by atoms with E-state index in [9.17, 15) is 9.59 Å². The third-order valence-electron chi connectivity index (χ3n) is 4.98. The molecule has 1 aliphatic heterocycles. The number of hydrogen-bond acceptors (Lipinski definition) is 5. The van der Waals surface area contributed by atoms with Gasteiger partial charge in [-0.1, -0.05) is 24.3 Å². The molecule has 6 heteroatoms. The minimum absolute atomic E-state index is 0.114. The van der Waals surface area contributed by atoms with Crippen LogP contribution in [0.25, 0.3) is 11.0 Å². The highest BCUT2D eigenvalue weighted by Gasteiger charge is 2.27. The molecular weight excluding hydrogens is 348 g/mol. The molecule has 1 saturated heterocycles. The molecule has 134 valence electrons. The highest BCUT2D eigenvalue weighted by atomic mass is 32.1. The molecule has 0 bridgehead atoms. The third kappa shape index (κ3) is 3.18.